The monoisotopic (exact) mass is 391 g/mol. The van der Waals surface area contributed by atoms with Crippen molar-refractivity contribution in [3.05, 3.63) is 65.7 Å². The van der Waals surface area contributed by atoms with Gasteiger partial charge in [-0.05, 0) is 43.3 Å². The lowest BCUT2D eigenvalue weighted by Crippen LogP contribution is -2.34. The van der Waals surface area contributed by atoms with Crippen LogP contribution in [0.25, 0.3) is 0 Å². The molecule has 2 aromatic carbocycles. The van der Waals surface area contributed by atoms with Crippen LogP contribution >= 0.6 is 0 Å². The Balaban J connectivity index is 1.56. The van der Waals surface area contributed by atoms with E-state index >= 15 is 0 Å². The van der Waals surface area contributed by atoms with Gasteiger partial charge in [-0.15, -0.1) is 6.58 Å². The van der Waals surface area contributed by atoms with Crippen LogP contribution in [-0.2, 0) is 4.79 Å². The third-order valence-electron chi connectivity index (χ3n) is 4.71. The molecule has 0 unspecified atom stereocenters. The number of carbonyl (C=O) groups excluding carboxylic acids is 4. The number of benzene rings is 2. The second kappa shape index (κ2) is 6.90. The summed E-state index contributed by atoms with van der Waals surface area (Å²) in [4.78, 5) is 50.2. The first kappa shape index (κ1) is 18.4. The van der Waals surface area contributed by atoms with Crippen molar-refractivity contribution >= 4 is 35.0 Å². The van der Waals surface area contributed by atoms with E-state index in [-0.39, 0.29) is 29.1 Å². The molecule has 0 aliphatic carbocycles. The summed E-state index contributed by atoms with van der Waals surface area (Å²) in [5.74, 6) is -1.07. The maximum atomic E-state index is 12.6. The summed E-state index contributed by atoms with van der Waals surface area (Å²) < 4.78 is 5.48. The highest BCUT2D eigenvalue weighted by atomic mass is 16.5. The molecule has 0 saturated heterocycles. The SMILES string of the molecule is C=CCN1C(=O)c2ccc(C(=O)Nc3ccc4c(c3)NC(=O)[C@@H](C)O4)cc2C1=O. The minimum absolute atomic E-state index is 0.107. The van der Waals surface area contributed by atoms with Gasteiger partial charge in [-0.1, -0.05) is 6.08 Å². The Labute approximate surface area is 166 Å². The molecule has 4 rings (SSSR count). The molecule has 2 N–H and O–H groups in total. The maximum absolute atomic E-state index is 12.6. The van der Waals surface area contributed by atoms with Gasteiger partial charge in [-0.25, -0.2) is 0 Å². The van der Waals surface area contributed by atoms with E-state index in [1.807, 2.05) is 0 Å². The number of nitrogens with zero attached hydrogens (tertiary/aromatic N) is 1. The van der Waals surface area contributed by atoms with Gasteiger partial charge in [0.2, 0.25) is 0 Å². The van der Waals surface area contributed by atoms with E-state index in [9.17, 15) is 19.2 Å². The molecule has 146 valence electrons. The molecule has 1 atom stereocenters. The van der Waals surface area contributed by atoms with Crippen LogP contribution in [0.4, 0.5) is 11.4 Å². The van der Waals surface area contributed by atoms with Gasteiger partial charge in [0, 0.05) is 17.8 Å². The first-order valence-electron chi connectivity index (χ1n) is 8.93. The molecule has 8 nitrogen and oxygen atoms in total. The van der Waals surface area contributed by atoms with Gasteiger partial charge < -0.3 is 15.4 Å². The van der Waals surface area contributed by atoms with Gasteiger partial charge in [0.05, 0.1) is 16.8 Å². The molecule has 0 bridgehead atoms. The van der Waals surface area contributed by atoms with Crippen LogP contribution in [0.1, 0.15) is 38.0 Å². The predicted octanol–water partition coefficient (Wildman–Crippen LogP) is 2.44. The molecule has 0 radical (unpaired) electrons. The van der Waals surface area contributed by atoms with Gasteiger partial charge in [-0.2, -0.15) is 0 Å². The molecule has 2 aliphatic heterocycles. The number of amides is 4. The fourth-order valence-corrected chi connectivity index (χ4v) is 3.22. The van der Waals surface area contributed by atoms with Crippen LogP contribution in [0.5, 0.6) is 5.75 Å². The molecule has 0 fully saturated rings. The van der Waals surface area contributed by atoms with Crippen molar-refractivity contribution in [1.29, 1.82) is 0 Å². The zero-order chi connectivity index (χ0) is 20.7. The Hall–Kier alpha value is -3.94. The van der Waals surface area contributed by atoms with Crippen molar-refractivity contribution in [2.45, 2.75) is 13.0 Å². The average Bonchev–Trinajstić information content (AvgIpc) is 2.94. The van der Waals surface area contributed by atoms with E-state index in [1.54, 1.807) is 25.1 Å². The Bertz CT molecular complexity index is 1090. The molecule has 0 saturated carbocycles. The number of hydrogen-bond acceptors (Lipinski definition) is 5. The normalized spacial score (nSPS) is 17.2. The minimum Gasteiger partial charge on any atom is -0.479 e. The first-order chi connectivity index (χ1) is 13.9. The van der Waals surface area contributed by atoms with Crippen LogP contribution in [-0.4, -0.2) is 41.2 Å². The van der Waals surface area contributed by atoms with Crippen molar-refractivity contribution in [3.8, 4) is 5.75 Å². The third-order valence-corrected chi connectivity index (χ3v) is 4.71. The largest absolute Gasteiger partial charge is 0.479 e. The summed E-state index contributed by atoms with van der Waals surface area (Å²) in [6, 6.07) is 9.25. The van der Waals surface area contributed by atoms with Crippen LogP contribution in [0, 0.1) is 0 Å². The van der Waals surface area contributed by atoms with E-state index in [2.05, 4.69) is 17.2 Å². The topological polar surface area (TPSA) is 105 Å². The Kier molecular flexibility index (Phi) is 4.38. The van der Waals surface area contributed by atoms with Gasteiger partial charge >= 0.3 is 0 Å². The highest BCUT2D eigenvalue weighted by Crippen LogP contribution is 2.32. The second-order valence-electron chi connectivity index (χ2n) is 6.68. The molecule has 8 heteroatoms. The Morgan fingerprint density at radius 3 is 2.69 bits per heavy atom. The predicted molar refractivity (Wildman–Crippen MR) is 105 cm³/mol. The van der Waals surface area contributed by atoms with E-state index in [0.29, 0.717) is 17.1 Å². The smallest absolute Gasteiger partial charge is 0.265 e. The summed E-state index contributed by atoms with van der Waals surface area (Å²) in [7, 11) is 0. The Morgan fingerprint density at radius 1 is 1.17 bits per heavy atom. The number of hydrogen-bond donors (Lipinski definition) is 2. The summed E-state index contributed by atoms with van der Waals surface area (Å²) in [6.45, 7) is 5.29. The number of nitrogens with one attached hydrogen (secondary N) is 2. The number of ether oxygens (including phenoxy) is 1. The second-order valence-corrected chi connectivity index (χ2v) is 6.68. The van der Waals surface area contributed by atoms with Crippen molar-refractivity contribution in [1.82, 2.24) is 4.90 Å². The van der Waals surface area contributed by atoms with Crippen molar-refractivity contribution in [3.63, 3.8) is 0 Å². The van der Waals surface area contributed by atoms with E-state index < -0.39 is 23.8 Å². The maximum Gasteiger partial charge on any atom is 0.265 e. The molecule has 0 spiro atoms. The summed E-state index contributed by atoms with van der Waals surface area (Å²) in [5, 5.41) is 5.43. The Morgan fingerprint density at radius 2 is 1.93 bits per heavy atom. The molecule has 2 aromatic rings. The average molecular weight is 391 g/mol. The number of rotatable bonds is 4. The molecule has 2 heterocycles. The first-order valence-corrected chi connectivity index (χ1v) is 8.93. The standard InChI is InChI=1S/C21H17N3O5/c1-3-8-24-20(27)14-6-4-12(9-15(14)21(24)28)19(26)22-13-5-7-17-16(10-13)23-18(25)11(2)29-17/h3-7,9-11H,1,8H2,2H3,(H,22,26)(H,23,25)/t11-/m1/s1. The van der Waals surface area contributed by atoms with Crippen molar-refractivity contribution in [2.75, 3.05) is 17.2 Å². The van der Waals surface area contributed by atoms with Crippen LogP contribution in [0.15, 0.2) is 49.1 Å². The van der Waals surface area contributed by atoms with Gasteiger partial charge in [0.15, 0.2) is 6.10 Å². The lowest BCUT2D eigenvalue weighted by molar-refractivity contribution is -0.122. The van der Waals surface area contributed by atoms with Crippen LogP contribution < -0.4 is 15.4 Å². The fourth-order valence-electron chi connectivity index (χ4n) is 3.22. The van der Waals surface area contributed by atoms with Crippen molar-refractivity contribution < 1.29 is 23.9 Å². The van der Waals surface area contributed by atoms with E-state index in [4.69, 9.17) is 4.74 Å². The van der Waals surface area contributed by atoms with Gasteiger partial charge in [-0.3, -0.25) is 24.1 Å². The molecule has 0 aromatic heterocycles. The molecule has 2 aliphatic rings. The molecule has 29 heavy (non-hydrogen) atoms. The lowest BCUT2D eigenvalue weighted by Gasteiger charge is -2.23. The molecular formula is C21H17N3O5. The number of imide groups is 1. The molecule has 4 amide bonds. The zero-order valence-corrected chi connectivity index (χ0v) is 15.5. The van der Waals surface area contributed by atoms with Gasteiger partial charge in [0.25, 0.3) is 23.6 Å². The summed E-state index contributed by atoms with van der Waals surface area (Å²) >= 11 is 0. The van der Waals surface area contributed by atoms with E-state index in [0.717, 1.165) is 4.90 Å². The number of fused-ring (bicyclic) bond motifs is 2. The quantitative estimate of drug-likeness (QED) is 0.615. The minimum atomic E-state index is -0.588. The molecular weight excluding hydrogens is 374 g/mol. The highest BCUT2D eigenvalue weighted by Gasteiger charge is 2.35. The van der Waals surface area contributed by atoms with Crippen LogP contribution in [0.2, 0.25) is 0 Å². The number of anilines is 2. The van der Waals surface area contributed by atoms with Gasteiger partial charge in [0.1, 0.15) is 5.75 Å². The summed E-state index contributed by atoms with van der Waals surface area (Å²) in [6.07, 6.45) is 0.879. The fraction of sp³-hybridized carbons (Fsp3) is 0.143. The summed E-state index contributed by atoms with van der Waals surface area (Å²) in [5.41, 5.74) is 1.59. The lowest BCUT2D eigenvalue weighted by atomic mass is 10.1. The highest BCUT2D eigenvalue weighted by molar-refractivity contribution is 6.22. The zero-order valence-electron chi connectivity index (χ0n) is 15.5. The van der Waals surface area contributed by atoms with Crippen molar-refractivity contribution in [2.24, 2.45) is 0 Å². The van der Waals surface area contributed by atoms with Crippen LogP contribution in [0.3, 0.4) is 0 Å². The third kappa shape index (κ3) is 3.14. The number of carbonyl (C=O) groups is 4. The van der Waals surface area contributed by atoms with E-state index in [1.165, 1.54) is 24.3 Å².